The van der Waals surface area contributed by atoms with Crippen molar-refractivity contribution in [3.05, 3.63) is 0 Å². The minimum absolute atomic E-state index is 0.0171. The third kappa shape index (κ3) is 2.46. The highest BCUT2D eigenvalue weighted by atomic mass is 79.9. The van der Waals surface area contributed by atoms with Crippen molar-refractivity contribution < 1.29 is 4.79 Å². The van der Waals surface area contributed by atoms with Crippen LogP contribution < -0.4 is 5.32 Å². The van der Waals surface area contributed by atoms with Gasteiger partial charge in [-0.3, -0.25) is 4.79 Å². The second-order valence-corrected chi connectivity index (χ2v) is 4.96. The van der Waals surface area contributed by atoms with E-state index in [4.69, 9.17) is 0 Å². The van der Waals surface area contributed by atoms with Gasteiger partial charge in [-0.05, 0) is 32.1 Å². The molecule has 1 fully saturated rings. The van der Waals surface area contributed by atoms with Crippen LogP contribution in [0, 0.1) is 0 Å². The molecular formula is C10H18BrNO. The van der Waals surface area contributed by atoms with E-state index in [1.54, 1.807) is 0 Å². The molecule has 0 aromatic rings. The summed E-state index contributed by atoms with van der Waals surface area (Å²) in [5.74, 6) is 0.157. The van der Waals surface area contributed by atoms with Crippen molar-refractivity contribution in [3.8, 4) is 0 Å². The van der Waals surface area contributed by atoms with Gasteiger partial charge >= 0.3 is 0 Å². The highest BCUT2D eigenvalue weighted by Crippen LogP contribution is 2.34. The summed E-state index contributed by atoms with van der Waals surface area (Å²) in [6.45, 7) is 4.16. The summed E-state index contributed by atoms with van der Waals surface area (Å²) < 4.78 is 0. The third-order valence-corrected chi connectivity index (χ3v) is 4.08. The summed E-state index contributed by atoms with van der Waals surface area (Å²) >= 11 is 3.37. The summed E-state index contributed by atoms with van der Waals surface area (Å²) in [4.78, 5) is 11.6. The number of alkyl halides is 1. The van der Waals surface area contributed by atoms with Crippen LogP contribution in [0.3, 0.4) is 0 Å². The van der Waals surface area contributed by atoms with Crippen molar-refractivity contribution in [3.63, 3.8) is 0 Å². The molecule has 1 unspecified atom stereocenters. The summed E-state index contributed by atoms with van der Waals surface area (Å²) in [6, 6.07) is 0. The summed E-state index contributed by atoms with van der Waals surface area (Å²) in [5.41, 5.74) is 0.137. The van der Waals surface area contributed by atoms with Crippen molar-refractivity contribution in [1.82, 2.24) is 5.32 Å². The van der Waals surface area contributed by atoms with Crippen LogP contribution in [0.5, 0.6) is 0 Å². The number of hydrogen-bond donors (Lipinski definition) is 1. The molecule has 13 heavy (non-hydrogen) atoms. The topological polar surface area (TPSA) is 29.1 Å². The molecule has 0 bridgehead atoms. The molecule has 0 aromatic carbocycles. The quantitative estimate of drug-likeness (QED) is 0.761. The second-order valence-electron chi connectivity index (χ2n) is 3.85. The average Bonchev–Trinajstić information content (AvgIpc) is 2.09. The van der Waals surface area contributed by atoms with Gasteiger partial charge in [0.2, 0.25) is 5.91 Å². The Kier molecular flexibility index (Phi) is 3.77. The first-order valence-corrected chi connectivity index (χ1v) is 6.01. The van der Waals surface area contributed by atoms with Crippen LogP contribution in [-0.4, -0.2) is 16.3 Å². The van der Waals surface area contributed by atoms with Crippen molar-refractivity contribution in [2.24, 2.45) is 0 Å². The molecule has 76 valence electrons. The van der Waals surface area contributed by atoms with Gasteiger partial charge in [-0.25, -0.2) is 0 Å². The number of nitrogens with one attached hydrogen (secondary N) is 1. The van der Waals surface area contributed by atoms with Crippen molar-refractivity contribution in [2.45, 2.75) is 56.3 Å². The predicted molar refractivity (Wildman–Crippen MR) is 58.0 cm³/mol. The smallest absolute Gasteiger partial charge is 0.234 e. The summed E-state index contributed by atoms with van der Waals surface area (Å²) in [7, 11) is 0. The predicted octanol–water partition coefficient (Wildman–Crippen LogP) is 2.61. The number of hydrogen-bond acceptors (Lipinski definition) is 1. The molecule has 0 aliphatic heterocycles. The van der Waals surface area contributed by atoms with Crippen molar-refractivity contribution >= 4 is 21.8 Å². The zero-order valence-electron chi connectivity index (χ0n) is 8.40. The number of carbonyl (C=O) groups excluding carboxylic acids is 1. The fourth-order valence-corrected chi connectivity index (χ4v) is 1.81. The summed E-state index contributed by atoms with van der Waals surface area (Å²) in [6.07, 6.45) is 5.47. The molecule has 1 aliphatic carbocycles. The normalized spacial score (nSPS) is 21.8. The van der Waals surface area contributed by atoms with E-state index < -0.39 is 0 Å². The van der Waals surface area contributed by atoms with Gasteiger partial charge in [0, 0.05) is 5.54 Å². The minimum atomic E-state index is -0.0171. The van der Waals surface area contributed by atoms with Crippen LogP contribution in [0.15, 0.2) is 0 Å². The molecule has 0 spiro atoms. The maximum absolute atomic E-state index is 11.6. The zero-order valence-corrected chi connectivity index (χ0v) is 9.99. The van der Waals surface area contributed by atoms with E-state index in [0.717, 1.165) is 25.7 Å². The van der Waals surface area contributed by atoms with E-state index >= 15 is 0 Å². The molecule has 0 saturated heterocycles. The molecule has 0 aromatic heterocycles. The number of halogens is 1. The zero-order chi connectivity index (χ0) is 9.90. The minimum Gasteiger partial charge on any atom is -0.350 e. The molecule has 1 saturated carbocycles. The van der Waals surface area contributed by atoms with Crippen LogP contribution in [0.4, 0.5) is 0 Å². The first kappa shape index (κ1) is 11.0. The lowest BCUT2D eigenvalue weighted by Crippen LogP contribution is -2.54. The largest absolute Gasteiger partial charge is 0.350 e. The lowest BCUT2D eigenvalue weighted by molar-refractivity contribution is -0.123. The fourth-order valence-electron chi connectivity index (χ4n) is 1.70. The third-order valence-electron chi connectivity index (χ3n) is 3.02. The number of rotatable bonds is 4. The highest BCUT2D eigenvalue weighted by Gasteiger charge is 2.37. The van der Waals surface area contributed by atoms with Crippen LogP contribution in [0.2, 0.25) is 0 Å². The van der Waals surface area contributed by atoms with Crippen molar-refractivity contribution in [2.75, 3.05) is 0 Å². The fraction of sp³-hybridized carbons (Fsp3) is 0.900. The summed E-state index contributed by atoms with van der Waals surface area (Å²) in [5, 5.41) is 3.14. The van der Waals surface area contributed by atoms with E-state index in [9.17, 15) is 4.79 Å². The van der Waals surface area contributed by atoms with Gasteiger partial charge in [0.1, 0.15) is 0 Å². The van der Waals surface area contributed by atoms with Crippen LogP contribution in [-0.2, 0) is 4.79 Å². The molecule has 1 aliphatic rings. The number of amides is 1. The Hall–Kier alpha value is -0.0500. The Morgan fingerprint density at radius 3 is 2.46 bits per heavy atom. The average molecular weight is 248 g/mol. The maximum atomic E-state index is 11.6. The van der Waals surface area contributed by atoms with Gasteiger partial charge in [0.05, 0.1) is 4.83 Å². The van der Waals surface area contributed by atoms with Crippen LogP contribution >= 0.6 is 15.9 Å². The van der Waals surface area contributed by atoms with Gasteiger partial charge in [0.15, 0.2) is 0 Å². The molecule has 2 nitrogen and oxygen atoms in total. The Bertz CT molecular complexity index is 184. The van der Waals surface area contributed by atoms with Gasteiger partial charge in [0.25, 0.3) is 0 Å². The molecule has 1 atom stereocenters. The lowest BCUT2D eigenvalue weighted by Gasteiger charge is -2.42. The molecule has 1 amide bonds. The van der Waals surface area contributed by atoms with E-state index in [1.165, 1.54) is 6.42 Å². The van der Waals surface area contributed by atoms with Gasteiger partial charge in [-0.15, -0.1) is 0 Å². The molecule has 1 N–H and O–H groups in total. The Labute approximate surface area is 88.6 Å². The Balaban J connectivity index is 2.42. The standard InChI is InChI=1S/C10H18BrNO/c1-3-8(11)9(13)12-10(4-2)6-5-7-10/h8H,3-7H2,1-2H3,(H,12,13). The van der Waals surface area contributed by atoms with Gasteiger partial charge in [-0.2, -0.15) is 0 Å². The highest BCUT2D eigenvalue weighted by molar-refractivity contribution is 9.10. The maximum Gasteiger partial charge on any atom is 0.234 e. The first-order chi connectivity index (χ1) is 6.13. The van der Waals surface area contributed by atoms with E-state index in [1.807, 2.05) is 6.92 Å². The molecule has 1 rings (SSSR count). The molecule has 0 radical (unpaired) electrons. The van der Waals surface area contributed by atoms with E-state index in [0.29, 0.717) is 0 Å². The van der Waals surface area contributed by atoms with Gasteiger partial charge < -0.3 is 5.32 Å². The van der Waals surface area contributed by atoms with E-state index in [2.05, 4.69) is 28.2 Å². The molecular weight excluding hydrogens is 230 g/mol. The monoisotopic (exact) mass is 247 g/mol. The molecule has 0 heterocycles. The first-order valence-electron chi connectivity index (χ1n) is 5.09. The molecule has 3 heteroatoms. The van der Waals surface area contributed by atoms with Gasteiger partial charge in [-0.1, -0.05) is 29.8 Å². The van der Waals surface area contributed by atoms with Crippen molar-refractivity contribution in [1.29, 1.82) is 0 Å². The van der Waals surface area contributed by atoms with Crippen LogP contribution in [0.1, 0.15) is 46.0 Å². The number of carbonyl (C=O) groups is 1. The van der Waals surface area contributed by atoms with Crippen LogP contribution in [0.25, 0.3) is 0 Å². The Morgan fingerprint density at radius 2 is 2.15 bits per heavy atom. The Morgan fingerprint density at radius 1 is 1.54 bits per heavy atom. The SMILES string of the molecule is CCC(Br)C(=O)NC1(CC)CCC1. The second kappa shape index (κ2) is 4.45. The lowest BCUT2D eigenvalue weighted by atomic mass is 9.75. The van der Waals surface area contributed by atoms with E-state index in [-0.39, 0.29) is 16.3 Å².